The van der Waals surface area contributed by atoms with Gasteiger partial charge in [0.2, 0.25) is 0 Å². The average molecular weight is 703 g/mol. The molecular weight excluding hydrogens is 665 g/mol. The summed E-state index contributed by atoms with van der Waals surface area (Å²) >= 11 is 0. The number of rotatable bonds is 7. The minimum absolute atomic E-state index is 0.178. The molecule has 0 aliphatic heterocycles. The fourth-order valence-corrected chi connectivity index (χ4v) is 7.29. The van der Waals surface area contributed by atoms with Gasteiger partial charge in [0.05, 0.1) is 33.5 Å². The maximum absolute atomic E-state index is 14.0. The molecule has 2 amide bonds. The van der Waals surface area contributed by atoms with Gasteiger partial charge in [0.25, 0.3) is 11.8 Å². The van der Waals surface area contributed by atoms with Crippen LogP contribution in [0.2, 0.25) is 0 Å². The van der Waals surface area contributed by atoms with Gasteiger partial charge in [-0.25, -0.2) is 9.97 Å². The molecule has 0 atom stereocenters. The number of benzene rings is 6. The Kier molecular flexibility index (Phi) is 9.02. The number of carbonyl (C=O) groups excluding carboxylic acids is 2. The zero-order valence-corrected chi connectivity index (χ0v) is 30.6. The normalized spacial score (nSPS) is 11.1. The highest BCUT2D eigenvalue weighted by atomic mass is 16.2. The summed E-state index contributed by atoms with van der Waals surface area (Å²) < 4.78 is 0. The van der Waals surface area contributed by atoms with E-state index in [0.29, 0.717) is 11.1 Å². The van der Waals surface area contributed by atoms with E-state index in [1.807, 2.05) is 161 Å². The van der Waals surface area contributed by atoms with Crippen molar-refractivity contribution in [3.8, 4) is 33.6 Å². The summed E-state index contributed by atoms with van der Waals surface area (Å²) in [6.07, 6.45) is 0. The second-order valence-electron chi connectivity index (χ2n) is 13.7. The van der Waals surface area contributed by atoms with Crippen LogP contribution in [0.4, 0.5) is 11.4 Å². The SMILES string of the molecule is Cc1cc(-c2ccc(NC(=O)c3c(C)c(-c4ccccc4)nc4ccccc34)c(C)c2)ccc1NC(=O)c1c(C)c(-c2ccccc2)nc2ccccc12. The molecule has 54 heavy (non-hydrogen) atoms. The Bertz CT molecular complexity index is 2550. The van der Waals surface area contributed by atoms with Gasteiger partial charge in [-0.15, -0.1) is 0 Å². The first kappa shape index (κ1) is 34.2. The Morgan fingerprint density at radius 3 is 1.19 bits per heavy atom. The molecule has 2 heterocycles. The van der Waals surface area contributed by atoms with Gasteiger partial charge in [0.1, 0.15) is 0 Å². The van der Waals surface area contributed by atoms with Crippen molar-refractivity contribution in [3.05, 3.63) is 179 Å². The van der Waals surface area contributed by atoms with E-state index < -0.39 is 0 Å². The topological polar surface area (TPSA) is 84.0 Å². The number of hydrogen-bond donors (Lipinski definition) is 2. The monoisotopic (exact) mass is 702 g/mol. The number of para-hydroxylation sites is 2. The quantitative estimate of drug-likeness (QED) is 0.173. The predicted molar refractivity (Wildman–Crippen MR) is 221 cm³/mol. The number of carbonyl (C=O) groups is 2. The number of hydrogen-bond acceptors (Lipinski definition) is 4. The van der Waals surface area contributed by atoms with Gasteiger partial charge in [0.15, 0.2) is 0 Å². The van der Waals surface area contributed by atoms with Crippen LogP contribution in [0.1, 0.15) is 43.0 Å². The van der Waals surface area contributed by atoms with Crippen molar-refractivity contribution in [1.29, 1.82) is 0 Å². The summed E-state index contributed by atoms with van der Waals surface area (Å²) in [5, 5.41) is 8.00. The van der Waals surface area contributed by atoms with Gasteiger partial charge in [-0.1, -0.05) is 109 Å². The molecule has 0 bridgehead atoms. The molecule has 6 heteroatoms. The van der Waals surface area contributed by atoms with Crippen LogP contribution in [0, 0.1) is 27.7 Å². The third kappa shape index (κ3) is 6.39. The van der Waals surface area contributed by atoms with Crippen molar-refractivity contribution in [2.45, 2.75) is 27.7 Å². The summed E-state index contributed by atoms with van der Waals surface area (Å²) in [6, 6.07) is 47.6. The van der Waals surface area contributed by atoms with Crippen molar-refractivity contribution >= 4 is 45.0 Å². The number of anilines is 2. The number of nitrogens with zero attached hydrogens (tertiary/aromatic N) is 2. The second-order valence-corrected chi connectivity index (χ2v) is 13.7. The summed E-state index contributed by atoms with van der Waals surface area (Å²) in [6.45, 7) is 7.92. The predicted octanol–water partition coefficient (Wildman–Crippen LogP) is 11.5. The van der Waals surface area contributed by atoms with Crippen molar-refractivity contribution < 1.29 is 9.59 Å². The minimum atomic E-state index is -0.178. The molecule has 2 aromatic heterocycles. The Balaban J connectivity index is 1.05. The van der Waals surface area contributed by atoms with E-state index in [9.17, 15) is 9.59 Å². The van der Waals surface area contributed by atoms with E-state index in [4.69, 9.17) is 9.97 Å². The van der Waals surface area contributed by atoms with Crippen molar-refractivity contribution in [2.75, 3.05) is 10.6 Å². The van der Waals surface area contributed by atoms with Crippen LogP contribution in [0.3, 0.4) is 0 Å². The van der Waals surface area contributed by atoms with E-state index in [2.05, 4.69) is 22.8 Å². The number of fused-ring (bicyclic) bond motifs is 2. The van der Waals surface area contributed by atoms with Gasteiger partial charge in [-0.2, -0.15) is 0 Å². The van der Waals surface area contributed by atoms with E-state index in [0.717, 1.165) is 89.1 Å². The highest BCUT2D eigenvalue weighted by molar-refractivity contribution is 6.16. The highest BCUT2D eigenvalue weighted by Gasteiger charge is 2.21. The van der Waals surface area contributed by atoms with Crippen molar-refractivity contribution in [1.82, 2.24) is 9.97 Å². The van der Waals surface area contributed by atoms with Gasteiger partial charge in [-0.05, 0) is 97.5 Å². The molecule has 0 unspecified atom stereocenters. The van der Waals surface area contributed by atoms with Crippen LogP contribution in [-0.4, -0.2) is 21.8 Å². The number of nitrogens with one attached hydrogen (secondary N) is 2. The Hall–Kier alpha value is -6.92. The standard InChI is InChI=1S/C48H38N4O2/c1-29-27-35(23-25-39(29)51-47(53)43-31(3)45(33-15-7-5-8-16-33)49-41-21-13-11-19-37(41)43)36-24-26-40(30(2)28-36)52-48(54)44-32(4)46(34-17-9-6-10-18-34)50-42-22-14-12-20-38(42)44/h5-28H,1-4H3,(H,51,53)(H,52,54). The van der Waals surface area contributed by atoms with Crippen LogP contribution in [0.5, 0.6) is 0 Å². The lowest BCUT2D eigenvalue weighted by Crippen LogP contribution is -2.16. The van der Waals surface area contributed by atoms with E-state index in [-0.39, 0.29) is 11.8 Å². The molecule has 0 saturated heterocycles. The largest absolute Gasteiger partial charge is 0.322 e. The molecule has 0 aliphatic carbocycles. The van der Waals surface area contributed by atoms with E-state index in [1.165, 1.54) is 0 Å². The first-order valence-corrected chi connectivity index (χ1v) is 18.0. The zero-order chi connectivity index (χ0) is 37.3. The van der Waals surface area contributed by atoms with Crippen LogP contribution in [-0.2, 0) is 0 Å². The van der Waals surface area contributed by atoms with Crippen LogP contribution in [0.25, 0.3) is 55.4 Å². The minimum Gasteiger partial charge on any atom is -0.322 e. The molecule has 8 rings (SSSR count). The fraction of sp³-hybridized carbons (Fsp3) is 0.0833. The number of pyridine rings is 2. The van der Waals surface area contributed by atoms with Crippen LogP contribution < -0.4 is 10.6 Å². The molecule has 6 nitrogen and oxygen atoms in total. The molecule has 0 saturated carbocycles. The van der Waals surface area contributed by atoms with Crippen LogP contribution >= 0.6 is 0 Å². The molecule has 8 aromatic rings. The van der Waals surface area contributed by atoms with Crippen molar-refractivity contribution in [2.24, 2.45) is 0 Å². The maximum atomic E-state index is 14.0. The lowest BCUT2D eigenvalue weighted by Gasteiger charge is -2.17. The maximum Gasteiger partial charge on any atom is 0.256 e. The number of amides is 2. The molecule has 6 aromatic carbocycles. The number of aromatic nitrogens is 2. The lowest BCUT2D eigenvalue weighted by atomic mass is 9.96. The first-order valence-electron chi connectivity index (χ1n) is 18.0. The van der Waals surface area contributed by atoms with Crippen molar-refractivity contribution in [3.63, 3.8) is 0 Å². The molecule has 0 spiro atoms. The third-order valence-corrected chi connectivity index (χ3v) is 10.1. The van der Waals surface area contributed by atoms with E-state index in [1.54, 1.807) is 0 Å². The van der Waals surface area contributed by atoms with Crippen LogP contribution in [0.15, 0.2) is 146 Å². The smallest absolute Gasteiger partial charge is 0.256 e. The molecular formula is C48H38N4O2. The van der Waals surface area contributed by atoms with Gasteiger partial charge < -0.3 is 10.6 Å². The first-order chi connectivity index (χ1) is 26.3. The van der Waals surface area contributed by atoms with E-state index >= 15 is 0 Å². The zero-order valence-electron chi connectivity index (χ0n) is 30.6. The summed E-state index contributed by atoms with van der Waals surface area (Å²) in [5.74, 6) is -0.355. The summed E-state index contributed by atoms with van der Waals surface area (Å²) in [4.78, 5) is 37.9. The summed E-state index contributed by atoms with van der Waals surface area (Å²) in [5.41, 5.74) is 13.3. The highest BCUT2D eigenvalue weighted by Crippen LogP contribution is 2.34. The Labute approximate surface area is 314 Å². The number of aryl methyl sites for hydroxylation is 2. The third-order valence-electron chi connectivity index (χ3n) is 10.1. The second kappa shape index (κ2) is 14.2. The molecule has 0 fully saturated rings. The molecule has 0 aliphatic rings. The van der Waals surface area contributed by atoms with Gasteiger partial charge in [0, 0.05) is 33.3 Å². The molecule has 262 valence electrons. The molecule has 2 N–H and O–H groups in total. The van der Waals surface area contributed by atoms with Gasteiger partial charge in [-0.3, -0.25) is 9.59 Å². The van der Waals surface area contributed by atoms with Gasteiger partial charge >= 0.3 is 0 Å². The fourth-order valence-electron chi connectivity index (χ4n) is 7.29. The Morgan fingerprint density at radius 2 is 0.796 bits per heavy atom. The Morgan fingerprint density at radius 1 is 0.426 bits per heavy atom. The lowest BCUT2D eigenvalue weighted by molar-refractivity contribution is 0.101. The average Bonchev–Trinajstić information content (AvgIpc) is 3.19. The summed E-state index contributed by atoms with van der Waals surface area (Å²) in [7, 11) is 0. The molecule has 0 radical (unpaired) electrons.